The summed E-state index contributed by atoms with van der Waals surface area (Å²) in [4.78, 5) is 15.9. The van der Waals surface area contributed by atoms with Crippen LogP contribution in [-0.4, -0.2) is 36.3 Å². The normalized spacial score (nSPS) is 13.9. The van der Waals surface area contributed by atoms with E-state index >= 15 is 0 Å². The predicted octanol–water partition coefficient (Wildman–Crippen LogP) is 4.22. The van der Waals surface area contributed by atoms with Gasteiger partial charge in [-0.05, 0) is 12.2 Å². The number of rotatable bonds is 2. The molecule has 0 bridgehead atoms. The van der Waals surface area contributed by atoms with Crippen LogP contribution in [0, 0.1) is 0 Å². The zero-order chi connectivity index (χ0) is 21.7. The molecule has 0 rings (SSSR count). The monoisotopic (exact) mass is 552 g/mol. The van der Waals surface area contributed by atoms with Crippen LogP contribution in [0.4, 0.5) is 52.7 Å². The smallest absolute Gasteiger partial charge is 0.775 e. The van der Waals surface area contributed by atoms with Crippen molar-refractivity contribution < 1.29 is 82.7 Å². The Balaban J connectivity index is -0.000000411. The fourth-order valence-electron chi connectivity index (χ4n) is 0.565. The molecule has 0 unspecified atom stereocenters. The number of allylic oxidation sites excluding steroid dienone is 4. The second kappa shape index (κ2) is 10.6. The number of alkyl halides is 12. The first kappa shape index (κ1) is 30.8. The quantitative estimate of drug-likeness (QED) is 0.223. The Morgan fingerprint density at radius 3 is 0.815 bits per heavy atom. The molecule has 27 heavy (non-hydrogen) atoms. The molecule has 0 fully saturated rings. The Hall–Kier alpha value is -0.918. The molecule has 0 aromatic rings. The van der Waals surface area contributed by atoms with E-state index in [1.165, 1.54) is 0 Å². The van der Waals surface area contributed by atoms with E-state index in [-0.39, 0.29) is 20.4 Å². The van der Waals surface area contributed by atoms with Crippen LogP contribution in [-0.2, 0) is 55.3 Å². The van der Waals surface area contributed by atoms with Crippen molar-refractivity contribution in [3.05, 3.63) is 22.0 Å². The van der Waals surface area contributed by atoms with Crippen LogP contribution in [0.15, 0.2) is 22.0 Å². The van der Waals surface area contributed by atoms with Crippen molar-refractivity contribution in [2.24, 2.45) is 0 Å². The van der Waals surface area contributed by atoms with E-state index in [4.69, 9.17) is 0 Å². The van der Waals surface area contributed by atoms with Crippen LogP contribution >= 0.6 is 0 Å². The summed E-state index contributed by atoms with van der Waals surface area (Å²) in [7, 11) is 0. The maximum absolute atomic E-state index is 11.5. The molecule has 160 valence electrons. The molecular weight excluding hydrogens is 551 g/mol. The molecule has 0 aromatic carbocycles. The van der Waals surface area contributed by atoms with Gasteiger partial charge in [-0.25, -0.2) is 0 Å². The predicted molar refractivity (Wildman–Crippen MR) is 65.1 cm³/mol. The van der Waals surface area contributed by atoms with E-state index in [0.717, 1.165) is 0 Å². The summed E-state index contributed by atoms with van der Waals surface area (Å²) in [5, 5.41) is 0. The summed E-state index contributed by atoms with van der Waals surface area (Å²) in [5.74, 6) is -5.23. The van der Waals surface area contributed by atoms with Gasteiger partial charge in [-0.2, -0.15) is 52.7 Å². The molecule has 0 aliphatic rings. The summed E-state index contributed by atoms with van der Waals surface area (Å²) >= 11 is 7.07. The van der Waals surface area contributed by atoms with Crippen LogP contribution in [0.1, 0.15) is 0 Å². The molecule has 0 radical (unpaired) electrons. The molecule has 0 atom stereocenters. The number of hydrogen-bond donors (Lipinski definition) is 0. The van der Waals surface area contributed by atoms with Crippen molar-refractivity contribution in [1.82, 2.24) is 0 Å². The van der Waals surface area contributed by atoms with Crippen molar-refractivity contribution in [1.29, 1.82) is 0 Å². The standard InChI is InChI=1S/2C5H2F6OS.Pd/c2*6-4(7,8)2(12)1-3(13)5(9,10)11;/h2*1,13H;/q;;+2/p-2/b2*3-1-;. The largest absolute Gasteiger partial charge is 2.00 e. The van der Waals surface area contributed by atoms with Gasteiger partial charge in [0, 0.05) is 0 Å². The molecule has 0 amide bonds. The first-order valence-electron chi connectivity index (χ1n) is 5.24. The number of hydrogen-bond acceptors (Lipinski definition) is 4. The van der Waals surface area contributed by atoms with Crippen LogP contribution in [0.5, 0.6) is 0 Å². The second-order valence-electron chi connectivity index (χ2n) is 3.74. The minimum atomic E-state index is -5.32. The van der Waals surface area contributed by atoms with E-state index in [0.29, 0.717) is 0 Å². The average molecular weight is 553 g/mol. The van der Waals surface area contributed by atoms with Crippen molar-refractivity contribution in [3.63, 3.8) is 0 Å². The van der Waals surface area contributed by atoms with Crippen LogP contribution in [0.3, 0.4) is 0 Å². The second-order valence-corrected chi connectivity index (χ2v) is 4.62. The Bertz CT molecular complexity index is 531. The fourth-order valence-corrected chi connectivity index (χ4v) is 0.780. The average Bonchev–Trinajstić information content (AvgIpc) is 2.34. The maximum atomic E-state index is 11.5. The summed E-state index contributed by atoms with van der Waals surface area (Å²) in [6, 6.07) is 0. The van der Waals surface area contributed by atoms with E-state index in [9.17, 15) is 62.3 Å². The third-order valence-corrected chi connectivity index (χ3v) is 2.34. The summed E-state index contributed by atoms with van der Waals surface area (Å²) in [6.07, 6.45) is -22.1. The van der Waals surface area contributed by atoms with Crippen LogP contribution < -0.4 is 0 Å². The molecule has 0 N–H and O–H groups in total. The van der Waals surface area contributed by atoms with Crippen molar-refractivity contribution in [2.75, 3.05) is 0 Å². The van der Waals surface area contributed by atoms with Gasteiger partial charge in [0.25, 0.3) is 11.6 Å². The Morgan fingerprint density at radius 2 is 0.704 bits per heavy atom. The molecule has 0 saturated heterocycles. The zero-order valence-corrected chi connectivity index (χ0v) is 14.8. The Kier molecular flexibility index (Phi) is 12.1. The van der Waals surface area contributed by atoms with Gasteiger partial charge in [0.2, 0.25) is 0 Å². The molecule has 17 heteroatoms. The molecule has 0 spiro atoms. The van der Waals surface area contributed by atoms with Gasteiger partial charge >= 0.3 is 45.1 Å². The summed E-state index contributed by atoms with van der Waals surface area (Å²) in [6.45, 7) is 0. The van der Waals surface area contributed by atoms with Gasteiger partial charge in [0.15, 0.2) is 0 Å². The number of carbonyl (C=O) groups excluding carboxylic acids is 2. The zero-order valence-electron chi connectivity index (χ0n) is 11.6. The number of halogens is 12. The van der Waals surface area contributed by atoms with Crippen LogP contribution in [0.2, 0.25) is 0 Å². The van der Waals surface area contributed by atoms with E-state index in [2.05, 4.69) is 25.3 Å². The van der Waals surface area contributed by atoms with Crippen molar-refractivity contribution in [2.45, 2.75) is 24.7 Å². The summed E-state index contributed by atoms with van der Waals surface area (Å²) < 4.78 is 137. The van der Waals surface area contributed by atoms with E-state index in [1.807, 2.05) is 0 Å². The molecule has 0 aliphatic heterocycles. The third kappa shape index (κ3) is 13.8. The van der Waals surface area contributed by atoms with Gasteiger partial charge in [-0.1, -0.05) is 9.81 Å². The molecule has 0 heterocycles. The first-order valence-corrected chi connectivity index (χ1v) is 6.06. The summed E-state index contributed by atoms with van der Waals surface area (Å²) in [5.41, 5.74) is 0. The first-order chi connectivity index (χ1) is 11.1. The molecule has 0 saturated carbocycles. The minimum Gasteiger partial charge on any atom is -0.775 e. The van der Waals surface area contributed by atoms with Gasteiger partial charge in [0.1, 0.15) is 0 Å². The van der Waals surface area contributed by atoms with Gasteiger partial charge < -0.3 is 25.3 Å². The maximum Gasteiger partial charge on any atom is 2.00 e. The molecule has 0 aromatic heterocycles. The molecular formula is C10H2F12O2PdS2. The molecule has 0 aliphatic carbocycles. The Labute approximate surface area is 166 Å². The van der Waals surface area contributed by atoms with Gasteiger partial charge in [0.05, 0.1) is 0 Å². The van der Waals surface area contributed by atoms with Crippen molar-refractivity contribution >= 4 is 36.8 Å². The number of ketones is 2. The van der Waals surface area contributed by atoms with E-state index < -0.39 is 58.2 Å². The van der Waals surface area contributed by atoms with Gasteiger partial charge in [-0.3, -0.25) is 9.59 Å². The topological polar surface area (TPSA) is 34.1 Å². The van der Waals surface area contributed by atoms with E-state index in [1.54, 1.807) is 0 Å². The van der Waals surface area contributed by atoms with Crippen LogP contribution in [0.25, 0.3) is 0 Å². The molecule has 2 nitrogen and oxygen atoms in total. The third-order valence-electron chi connectivity index (χ3n) is 1.64. The Morgan fingerprint density at radius 1 is 0.519 bits per heavy atom. The number of carbonyl (C=O) groups is 2. The van der Waals surface area contributed by atoms with Gasteiger partial charge in [-0.15, -0.1) is 0 Å². The fraction of sp³-hybridized carbons (Fsp3) is 0.400. The SMILES string of the molecule is O=C(/C=C(\[S-])C(F)(F)F)C(F)(F)F.O=C(/C=C(\[S-])C(F)(F)F)C(F)(F)F.[Pd+2]. The van der Waals surface area contributed by atoms with Crippen molar-refractivity contribution in [3.8, 4) is 0 Å². The minimum absolute atomic E-state index is 0.